The Balaban J connectivity index is 3.10. The highest BCUT2D eigenvalue weighted by atomic mass is 16.6. The quantitative estimate of drug-likeness (QED) is 0.229. The van der Waals surface area contributed by atoms with Crippen LogP contribution < -0.4 is 10.6 Å². The number of hydrogen-bond donors (Lipinski definition) is 4. The van der Waals surface area contributed by atoms with E-state index in [1.165, 1.54) is 17.0 Å². The molecule has 0 aromatic heterocycles. The lowest BCUT2D eigenvalue weighted by Crippen LogP contribution is -2.41. The predicted molar refractivity (Wildman–Crippen MR) is 65.0 cm³/mol. The van der Waals surface area contributed by atoms with Gasteiger partial charge in [0, 0.05) is 12.1 Å². The zero-order valence-corrected chi connectivity index (χ0v) is 9.56. The number of nitro benzene ring substituents is 1. The Morgan fingerprint density at radius 3 is 2.33 bits per heavy atom. The van der Waals surface area contributed by atoms with Crippen molar-refractivity contribution < 1.29 is 20.2 Å². The van der Waals surface area contributed by atoms with Crippen LogP contribution in [0, 0.1) is 10.1 Å². The van der Waals surface area contributed by atoms with Crippen LogP contribution in [-0.4, -0.2) is 46.2 Å². The molecule has 0 aliphatic carbocycles. The third-order valence-electron chi connectivity index (χ3n) is 2.55. The number of anilines is 2. The molecule has 100 valence electrons. The maximum Gasteiger partial charge on any atom is 0.271 e. The van der Waals surface area contributed by atoms with Gasteiger partial charge in [0.25, 0.3) is 5.69 Å². The second-order valence-electron chi connectivity index (χ2n) is 3.63. The van der Waals surface area contributed by atoms with Gasteiger partial charge in [0.05, 0.1) is 35.6 Å². The number of rotatable bonds is 6. The minimum Gasteiger partial charge on any atom is -0.397 e. The minimum absolute atomic E-state index is 0.0881. The number of benzene rings is 1. The Bertz CT molecular complexity index is 422. The Kier molecular flexibility index (Phi) is 4.84. The Hall–Kier alpha value is -1.90. The summed E-state index contributed by atoms with van der Waals surface area (Å²) in [6.07, 6.45) is 0. The average molecular weight is 257 g/mol. The molecule has 0 fully saturated rings. The number of aliphatic hydroxyl groups excluding tert-OH is 3. The number of nitrogen functional groups attached to an aromatic ring is 1. The molecule has 1 aromatic carbocycles. The summed E-state index contributed by atoms with van der Waals surface area (Å²) in [4.78, 5) is 11.2. The van der Waals surface area contributed by atoms with Crippen molar-refractivity contribution in [3.63, 3.8) is 0 Å². The van der Waals surface area contributed by atoms with E-state index in [2.05, 4.69) is 0 Å². The van der Waals surface area contributed by atoms with Gasteiger partial charge in [-0.25, -0.2) is 0 Å². The summed E-state index contributed by atoms with van der Waals surface area (Å²) in [7, 11) is 0. The normalized spacial score (nSPS) is 10.7. The molecule has 18 heavy (non-hydrogen) atoms. The van der Waals surface area contributed by atoms with Gasteiger partial charge in [-0.1, -0.05) is 0 Å². The summed E-state index contributed by atoms with van der Waals surface area (Å²) in [6.45, 7) is -1.24. The van der Waals surface area contributed by atoms with Crippen LogP contribution in [-0.2, 0) is 0 Å². The number of nitro groups is 1. The van der Waals surface area contributed by atoms with E-state index in [0.29, 0.717) is 5.69 Å². The summed E-state index contributed by atoms with van der Waals surface area (Å²) in [5, 5.41) is 37.9. The van der Waals surface area contributed by atoms with Crippen molar-refractivity contribution >= 4 is 17.1 Å². The van der Waals surface area contributed by atoms with Crippen LogP contribution in [0.2, 0.25) is 0 Å². The molecule has 0 unspecified atom stereocenters. The topological polar surface area (TPSA) is 133 Å². The molecule has 0 radical (unpaired) electrons. The summed E-state index contributed by atoms with van der Waals surface area (Å²) < 4.78 is 0. The van der Waals surface area contributed by atoms with E-state index < -0.39 is 17.7 Å². The van der Waals surface area contributed by atoms with E-state index >= 15 is 0 Å². The summed E-state index contributed by atoms with van der Waals surface area (Å²) in [6, 6.07) is 3.03. The number of nitrogens with two attached hydrogens (primary N) is 1. The molecule has 0 amide bonds. The van der Waals surface area contributed by atoms with Gasteiger partial charge in [-0.3, -0.25) is 10.1 Å². The molecule has 1 aromatic rings. The number of non-ortho nitro benzene ring substituents is 1. The highest BCUT2D eigenvalue weighted by Crippen LogP contribution is 2.28. The largest absolute Gasteiger partial charge is 0.397 e. The van der Waals surface area contributed by atoms with Gasteiger partial charge in [0.15, 0.2) is 0 Å². The lowest BCUT2D eigenvalue weighted by Gasteiger charge is -2.30. The van der Waals surface area contributed by atoms with Crippen molar-refractivity contribution in [2.75, 3.05) is 30.6 Å². The first-order chi connectivity index (χ1) is 8.54. The molecule has 8 nitrogen and oxygen atoms in total. The molecule has 0 saturated heterocycles. The van der Waals surface area contributed by atoms with Crippen molar-refractivity contribution in [2.24, 2.45) is 0 Å². The third-order valence-corrected chi connectivity index (χ3v) is 2.55. The fourth-order valence-electron chi connectivity index (χ4n) is 1.56. The van der Waals surface area contributed by atoms with Crippen LogP contribution in [0.4, 0.5) is 17.1 Å². The van der Waals surface area contributed by atoms with Gasteiger partial charge in [-0.05, 0) is 6.07 Å². The molecular formula is C10H15N3O5. The molecule has 8 heteroatoms. The first-order valence-electron chi connectivity index (χ1n) is 5.18. The molecule has 0 spiro atoms. The fraction of sp³-hybridized carbons (Fsp3) is 0.400. The van der Waals surface area contributed by atoms with E-state index in [4.69, 9.17) is 15.9 Å². The molecular weight excluding hydrogens is 242 g/mol. The van der Waals surface area contributed by atoms with E-state index in [0.717, 1.165) is 6.07 Å². The number of nitrogens with zero attached hydrogens (tertiary/aromatic N) is 2. The fourth-order valence-corrected chi connectivity index (χ4v) is 1.56. The van der Waals surface area contributed by atoms with Crippen molar-refractivity contribution in [1.82, 2.24) is 0 Å². The van der Waals surface area contributed by atoms with Crippen LogP contribution in [0.3, 0.4) is 0 Å². The Labute approximate surface area is 103 Å². The van der Waals surface area contributed by atoms with E-state index in [1.807, 2.05) is 0 Å². The van der Waals surface area contributed by atoms with Gasteiger partial charge >= 0.3 is 0 Å². The summed E-state index contributed by atoms with van der Waals surface area (Å²) in [5.74, 6) is 0. The van der Waals surface area contributed by atoms with Crippen molar-refractivity contribution in [3.05, 3.63) is 28.3 Å². The first-order valence-corrected chi connectivity index (χ1v) is 5.18. The highest BCUT2D eigenvalue weighted by molar-refractivity contribution is 5.71. The van der Waals surface area contributed by atoms with Gasteiger partial charge in [0.2, 0.25) is 0 Å². The Morgan fingerprint density at radius 1 is 1.33 bits per heavy atom. The maximum absolute atomic E-state index is 10.6. The van der Waals surface area contributed by atoms with E-state index in [9.17, 15) is 15.2 Å². The van der Waals surface area contributed by atoms with Crippen molar-refractivity contribution in [3.8, 4) is 0 Å². The second-order valence-corrected chi connectivity index (χ2v) is 3.63. The Morgan fingerprint density at radius 2 is 1.94 bits per heavy atom. The van der Waals surface area contributed by atoms with Crippen molar-refractivity contribution in [2.45, 2.75) is 6.04 Å². The number of hydrogen-bond acceptors (Lipinski definition) is 7. The molecule has 0 saturated carbocycles. The van der Waals surface area contributed by atoms with E-state index in [-0.39, 0.29) is 24.6 Å². The highest BCUT2D eigenvalue weighted by Gasteiger charge is 2.20. The molecule has 0 atom stereocenters. The monoisotopic (exact) mass is 257 g/mol. The number of aliphatic hydroxyl groups is 3. The molecule has 0 aliphatic heterocycles. The molecule has 0 bridgehead atoms. The molecule has 1 rings (SSSR count). The second kappa shape index (κ2) is 6.15. The average Bonchev–Trinajstić information content (AvgIpc) is 2.36. The minimum atomic E-state index is -0.723. The third kappa shape index (κ3) is 2.86. The SMILES string of the molecule is Nc1cc([N+](=O)[O-])ccc1N(CO)C(CO)CO. The molecule has 0 aliphatic rings. The van der Waals surface area contributed by atoms with Gasteiger partial charge in [-0.2, -0.15) is 0 Å². The standard InChI is InChI=1S/C10H15N3O5/c11-9-3-7(13(17)18)1-2-10(9)12(6-16)8(4-14)5-15/h1-3,8,14-16H,4-6,11H2. The van der Waals surface area contributed by atoms with Crippen LogP contribution >= 0.6 is 0 Å². The van der Waals surface area contributed by atoms with Crippen LogP contribution in [0.25, 0.3) is 0 Å². The smallest absolute Gasteiger partial charge is 0.271 e. The maximum atomic E-state index is 10.6. The lowest BCUT2D eigenvalue weighted by molar-refractivity contribution is -0.384. The van der Waals surface area contributed by atoms with Crippen LogP contribution in [0.15, 0.2) is 18.2 Å². The lowest BCUT2D eigenvalue weighted by atomic mass is 10.2. The van der Waals surface area contributed by atoms with Gasteiger partial charge in [-0.15, -0.1) is 0 Å². The predicted octanol–water partition coefficient (Wildman–Crippen LogP) is -0.714. The van der Waals surface area contributed by atoms with Crippen LogP contribution in [0.1, 0.15) is 0 Å². The zero-order chi connectivity index (χ0) is 13.7. The first kappa shape index (κ1) is 14.2. The van der Waals surface area contributed by atoms with Gasteiger partial charge in [0.1, 0.15) is 6.73 Å². The summed E-state index contributed by atoms with van der Waals surface area (Å²) >= 11 is 0. The van der Waals surface area contributed by atoms with Crippen molar-refractivity contribution in [1.29, 1.82) is 0 Å². The van der Waals surface area contributed by atoms with Crippen LogP contribution in [0.5, 0.6) is 0 Å². The molecule has 0 heterocycles. The van der Waals surface area contributed by atoms with E-state index in [1.54, 1.807) is 0 Å². The molecule has 5 N–H and O–H groups in total. The summed E-state index contributed by atoms with van der Waals surface area (Å²) in [5.41, 5.74) is 5.90. The van der Waals surface area contributed by atoms with Gasteiger partial charge < -0.3 is 26.0 Å². The zero-order valence-electron chi connectivity index (χ0n) is 9.56.